The van der Waals surface area contributed by atoms with Gasteiger partial charge in [-0.15, -0.1) is 23.7 Å². The number of aromatic nitrogens is 1. The van der Waals surface area contributed by atoms with E-state index >= 15 is 0 Å². The number of nitrogens with zero attached hydrogens (tertiary/aromatic N) is 1. The van der Waals surface area contributed by atoms with Crippen LogP contribution in [0.2, 0.25) is 4.34 Å². The minimum absolute atomic E-state index is 0. The molecule has 1 fully saturated rings. The first-order chi connectivity index (χ1) is 10.2. The summed E-state index contributed by atoms with van der Waals surface area (Å²) in [5.74, 6) is 1.03. The largest absolute Gasteiger partial charge is 0.355 e. The fraction of sp³-hybridized carbons (Fsp3) is 0.429. The molecule has 8 heteroatoms. The van der Waals surface area contributed by atoms with Crippen LogP contribution in [0.5, 0.6) is 0 Å². The third-order valence-corrected chi connectivity index (χ3v) is 4.81. The maximum atomic E-state index is 12.0. The Bertz CT molecular complexity index is 623. The minimum atomic E-state index is -0.196. The van der Waals surface area contributed by atoms with Gasteiger partial charge in [-0.1, -0.05) is 16.8 Å². The number of carbonyl (C=O) groups is 1. The summed E-state index contributed by atoms with van der Waals surface area (Å²) in [6.07, 6.45) is 2.17. The second-order valence-corrected chi connectivity index (χ2v) is 6.80. The first kappa shape index (κ1) is 17.3. The molecule has 1 unspecified atom stereocenters. The molecule has 2 aromatic heterocycles. The molecule has 0 aliphatic carbocycles. The summed E-state index contributed by atoms with van der Waals surface area (Å²) in [5, 5.41) is 10.0. The zero-order valence-electron chi connectivity index (χ0n) is 11.8. The fourth-order valence-electron chi connectivity index (χ4n) is 2.39. The Balaban J connectivity index is 0.00000176. The van der Waals surface area contributed by atoms with Crippen molar-refractivity contribution in [2.45, 2.75) is 12.8 Å². The Hall–Kier alpha value is -1.08. The van der Waals surface area contributed by atoms with Gasteiger partial charge in [0.1, 0.15) is 0 Å². The molecular weight excluding hydrogens is 345 g/mol. The summed E-state index contributed by atoms with van der Waals surface area (Å²) >= 11 is 7.28. The van der Waals surface area contributed by atoms with Gasteiger partial charge < -0.3 is 15.2 Å². The molecule has 2 N–H and O–H groups in total. The van der Waals surface area contributed by atoms with Gasteiger partial charge in [0.15, 0.2) is 11.5 Å². The lowest BCUT2D eigenvalue weighted by molar-refractivity contribution is 0.0942. The molecule has 0 saturated carbocycles. The number of rotatable bonds is 5. The molecule has 3 heterocycles. The van der Waals surface area contributed by atoms with Gasteiger partial charge in [0.2, 0.25) is 0 Å². The number of nitrogens with one attached hydrogen (secondary N) is 2. The molecule has 1 atom stereocenters. The van der Waals surface area contributed by atoms with Gasteiger partial charge in [-0.3, -0.25) is 4.79 Å². The molecule has 120 valence electrons. The van der Waals surface area contributed by atoms with Crippen molar-refractivity contribution in [1.29, 1.82) is 0 Å². The van der Waals surface area contributed by atoms with Crippen molar-refractivity contribution in [1.82, 2.24) is 15.8 Å². The zero-order valence-corrected chi connectivity index (χ0v) is 14.2. The van der Waals surface area contributed by atoms with Gasteiger partial charge in [-0.25, -0.2) is 0 Å². The Morgan fingerprint density at radius 2 is 2.41 bits per heavy atom. The summed E-state index contributed by atoms with van der Waals surface area (Å²) < 4.78 is 5.87. The lowest BCUT2D eigenvalue weighted by Gasteiger charge is -2.07. The summed E-state index contributed by atoms with van der Waals surface area (Å²) in [7, 11) is 0. The van der Waals surface area contributed by atoms with Crippen LogP contribution < -0.4 is 10.6 Å². The lowest BCUT2D eigenvalue weighted by atomic mass is 10.1. The Morgan fingerprint density at radius 3 is 3.09 bits per heavy atom. The number of halogens is 2. The van der Waals surface area contributed by atoms with Gasteiger partial charge in [0.05, 0.1) is 9.21 Å². The van der Waals surface area contributed by atoms with Gasteiger partial charge in [0.25, 0.3) is 5.91 Å². The van der Waals surface area contributed by atoms with Crippen molar-refractivity contribution in [2.24, 2.45) is 5.92 Å². The van der Waals surface area contributed by atoms with Crippen LogP contribution in [0, 0.1) is 5.92 Å². The van der Waals surface area contributed by atoms with Crippen molar-refractivity contribution in [3.8, 4) is 10.6 Å². The fourth-order valence-corrected chi connectivity index (χ4v) is 3.38. The number of amides is 1. The summed E-state index contributed by atoms with van der Waals surface area (Å²) in [6.45, 7) is 2.79. The molecular formula is C14H17Cl2N3O2S. The number of hydrogen-bond acceptors (Lipinski definition) is 5. The Labute approximate surface area is 143 Å². The van der Waals surface area contributed by atoms with E-state index in [1.165, 1.54) is 17.8 Å². The molecule has 0 spiro atoms. The van der Waals surface area contributed by atoms with Gasteiger partial charge >= 0.3 is 0 Å². The van der Waals surface area contributed by atoms with Gasteiger partial charge in [0, 0.05) is 12.6 Å². The third kappa shape index (κ3) is 4.23. The highest BCUT2D eigenvalue weighted by Crippen LogP contribution is 2.31. The minimum Gasteiger partial charge on any atom is -0.355 e. The lowest BCUT2D eigenvalue weighted by Crippen LogP contribution is -2.26. The van der Waals surface area contributed by atoms with Crippen LogP contribution in [0.4, 0.5) is 0 Å². The quantitative estimate of drug-likeness (QED) is 0.857. The Morgan fingerprint density at radius 1 is 1.55 bits per heavy atom. The van der Waals surface area contributed by atoms with Gasteiger partial charge in [-0.2, -0.15) is 0 Å². The van der Waals surface area contributed by atoms with Crippen molar-refractivity contribution in [3.63, 3.8) is 0 Å². The molecule has 2 aromatic rings. The van der Waals surface area contributed by atoms with Crippen LogP contribution in [-0.2, 0) is 0 Å². The van der Waals surface area contributed by atoms with E-state index in [2.05, 4.69) is 15.8 Å². The second kappa shape index (κ2) is 7.97. The van der Waals surface area contributed by atoms with Crippen LogP contribution in [-0.4, -0.2) is 30.7 Å². The molecule has 1 aliphatic heterocycles. The maximum Gasteiger partial charge on any atom is 0.273 e. The van der Waals surface area contributed by atoms with Crippen LogP contribution in [0.3, 0.4) is 0 Å². The van der Waals surface area contributed by atoms with Crippen molar-refractivity contribution in [3.05, 3.63) is 28.2 Å². The maximum absolute atomic E-state index is 12.0. The highest BCUT2D eigenvalue weighted by Gasteiger charge is 2.17. The first-order valence-electron chi connectivity index (χ1n) is 6.94. The monoisotopic (exact) mass is 361 g/mol. The summed E-state index contributed by atoms with van der Waals surface area (Å²) in [4.78, 5) is 12.9. The van der Waals surface area contributed by atoms with Crippen molar-refractivity contribution < 1.29 is 9.32 Å². The normalized spacial score (nSPS) is 17.2. The standard InChI is InChI=1S/C14H16ClN3O2S.ClH/c15-13-2-1-12(21-13)11-7-10(18-20-11)14(19)17-6-4-9-3-5-16-8-9;/h1-2,7,9,16H,3-6,8H2,(H,17,19);1H. The topological polar surface area (TPSA) is 67.2 Å². The molecule has 5 nitrogen and oxygen atoms in total. The van der Waals surface area contributed by atoms with Crippen LogP contribution in [0.15, 0.2) is 22.7 Å². The average molecular weight is 362 g/mol. The highest BCUT2D eigenvalue weighted by atomic mass is 35.5. The number of thiophene rings is 1. The van der Waals surface area contributed by atoms with E-state index in [9.17, 15) is 4.79 Å². The smallest absolute Gasteiger partial charge is 0.273 e. The van der Waals surface area contributed by atoms with E-state index in [1.54, 1.807) is 12.1 Å². The SMILES string of the molecule is Cl.O=C(NCCC1CCNC1)c1cc(-c2ccc(Cl)s2)on1. The van der Waals surface area contributed by atoms with Crippen molar-refractivity contribution >= 4 is 41.3 Å². The molecule has 0 aromatic carbocycles. The molecule has 1 saturated heterocycles. The molecule has 0 bridgehead atoms. The van der Waals surface area contributed by atoms with E-state index in [4.69, 9.17) is 16.1 Å². The molecule has 1 amide bonds. The zero-order chi connectivity index (χ0) is 14.7. The van der Waals surface area contributed by atoms with E-state index < -0.39 is 0 Å². The highest BCUT2D eigenvalue weighted by molar-refractivity contribution is 7.19. The molecule has 22 heavy (non-hydrogen) atoms. The van der Waals surface area contributed by atoms with E-state index in [0.717, 1.165) is 24.4 Å². The summed E-state index contributed by atoms with van der Waals surface area (Å²) in [5.41, 5.74) is 0.305. The van der Waals surface area contributed by atoms with E-state index in [0.29, 0.717) is 28.3 Å². The van der Waals surface area contributed by atoms with Crippen molar-refractivity contribution in [2.75, 3.05) is 19.6 Å². The molecule has 1 aliphatic rings. The molecule has 0 radical (unpaired) electrons. The van der Waals surface area contributed by atoms with E-state index in [1.807, 2.05) is 6.07 Å². The van der Waals surface area contributed by atoms with Crippen LogP contribution in [0.1, 0.15) is 23.3 Å². The molecule has 3 rings (SSSR count). The summed E-state index contributed by atoms with van der Waals surface area (Å²) in [6, 6.07) is 5.29. The van der Waals surface area contributed by atoms with E-state index in [-0.39, 0.29) is 18.3 Å². The number of carbonyl (C=O) groups excluding carboxylic acids is 1. The second-order valence-electron chi connectivity index (χ2n) is 5.08. The first-order valence-corrected chi connectivity index (χ1v) is 8.13. The predicted octanol–water partition coefficient (Wildman–Crippen LogP) is 3.21. The number of hydrogen-bond donors (Lipinski definition) is 2. The van der Waals surface area contributed by atoms with Gasteiger partial charge in [-0.05, 0) is 44.0 Å². The predicted molar refractivity (Wildman–Crippen MR) is 90.0 cm³/mol. The van der Waals surface area contributed by atoms with Crippen LogP contribution in [0.25, 0.3) is 10.6 Å². The average Bonchev–Trinajstić information content (AvgIpc) is 3.19. The third-order valence-electron chi connectivity index (χ3n) is 3.56. The Kier molecular flexibility index (Phi) is 6.26. The van der Waals surface area contributed by atoms with Crippen LogP contribution >= 0.6 is 35.3 Å².